The molecule has 0 saturated carbocycles. The molecule has 3 heterocycles. The van der Waals surface area contributed by atoms with Crippen LogP contribution in [-0.4, -0.2) is 73.4 Å². The van der Waals surface area contributed by atoms with Crippen molar-refractivity contribution in [3.8, 4) is 11.8 Å². The van der Waals surface area contributed by atoms with Crippen LogP contribution in [0.25, 0.3) is 0 Å². The van der Waals surface area contributed by atoms with E-state index >= 15 is 0 Å². The number of piperazine rings is 1. The third-order valence-corrected chi connectivity index (χ3v) is 6.20. The Kier molecular flexibility index (Phi) is 7.47. The van der Waals surface area contributed by atoms with E-state index < -0.39 is 0 Å². The van der Waals surface area contributed by atoms with Gasteiger partial charge in [-0.05, 0) is 35.9 Å². The number of amides is 2. The SMILES string of the molecule is CC(=O)Nc1cccc(C#Cc2ccnc(C(=O)N3CCN(C(c4ccccc4)c4nn[nH]n4)CC3)c2)c1. The molecule has 0 spiro atoms. The predicted molar refractivity (Wildman–Crippen MR) is 141 cm³/mol. The average molecular weight is 507 g/mol. The minimum Gasteiger partial charge on any atom is -0.335 e. The summed E-state index contributed by atoms with van der Waals surface area (Å²) in [5, 5.41) is 17.5. The molecular weight excluding hydrogens is 480 g/mol. The summed E-state index contributed by atoms with van der Waals surface area (Å²) in [6, 6.07) is 20.7. The van der Waals surface area contributed by atoms with Gasteiger partial charge >= 0.3 is 0 Å². The van der Waals surface area contributed by atoms with Gasteiger partial charge in [-0.1, -0.05) is 53.5 Å². The highest BCUT2D eigenvalue weighted by atomic mass is 16.2. The Morgan fingerprint density at radius 2 is 1.71 bits per heavy atom. The Morgan fingerprint density at radius 3 is 2.42 bits per heavy atom. The summed E-state index contributed by atoms with van der Waals surface area (Å²) in [6.07, 6.45) is 1.60. The first-order valence-electron chi connectivity index (χ1n) is 12.2. The molecule has 38 heavy (non-hydrogen) atoms. The highest BCUT2D eigenvalue weighted by Crippen LogP contribution is 2.27. The lowest BCUT2D eigenvalue weighted by Crippen LogP contribution is -2.50. The van der Waals surface area contributed by atoms with Crippen LogP contribution in [0, 0.1) is 11.8 Å². The third-order valence-electron chi connectivity index (χ3n) is 6.20. The van der Waals surface area contributed by atoms with Gasteiger partial charge in [0.15, 0.2) is 5.82 Å². The zero-order valence-electron chi connectivity index (χ0n) is 20.8. The number of anilines is 1. The highest BCUT2D eigenvalue weighted by molar-refractivity contribution is 5.92. The number of nitrogens with one attached hydrogen (secondary N) is 2. The van der Waals surface area contributed by atoms with Gasteiger partial charge in [-0.25, -0.2) is 0 Å². The average Bonchev–Trinajstić information content (AvgIpc) is 3.47. The number of carbonyl (C=O) groups is 2. The molecule has 190 valence electrons. The van der Waals surface area contributed by atoms with Crippen molar-refractivity contribution < 1.29 is 9.59 Å². The van der Waals surface area contributed by atoms with E-state index in [1.54, 1.807) is 30.5 Å². The second kappa shape index (κ2) is 11.5. The maximum atomic E-state index is 13.3. The quantitative estimate of drug-likeness (QED) is 0.399. The minimum atomic E-state index is -0.145. The van der Waals surface area contributed by atoms with Gasteiger partial charge in [0.25, 0.3) is 5.91 Å². The van der Waals surface area contributed by atoms with Gasteiger partial charge in [0.2, 0.25) is 5.91 Å². The second-order valence-corrected chi connectivity index (χ2v) is 8.85. The Morgan fingerprint density at radius 1 is 0.947 bits per heavy atom. The number of aromatic amines is 1. The van der Waals surface area contributed by atoms with Crippen molar-refractivity contribution in [1.82, 2.24) is 35.4 Å². The van der Waals surface area contributed by atoms with Crippen molar-refractivity contribution in [2.75, 3.05) is 31.5 Å². The van der Waals surface area contributed by atoms with E-state index in [2.05, 4.69) is 47.7 Å². The van der Waals surface area contributed by atoms with Crippen molar-refractivity contribution >= 4 is 17.5 Å². The number of carbonyl (C=O) groups excluding carboxylic acids is 2. The van der Waals surface area contributed by atoms with Crippen LogP contribution in [0.4, 0.5) is 5.69 Å². The molecule has 1 saturated heterocycles. The fraction of sp³-hybridized carbons (Fsp3) is 0.214. The van der Waals surface area contributed by atoms with E-state index in [0.29, 0.717) is 48.9 Å². The summed E-state index contributed by atoms with van der Waals surface area (Å²) in [5.41, 5.74) is 3.56. The molecule has 1 fully saturated rings. The molecule has 0 bridgehead atoms. The lowest BCUT2D eigenvalue weighted by atomic mass is 10.0. The lowest BCUT2D eigenvalue weighted by molar-refractivity contribution is -0.114. The molecule has 1 atom stereocenters. The predicted octanol–water partition coefficient (Wildman–Crippen LogP) is 2.50. The lowest BCUT2D eigenvalue weighted by Gasteiger charge is -2.38. The molecule has 5 rings (SSSR count). The summed E-state index contributed by atoms with van der Waals surface area (Å²) in [7, 11) is 0. The number of nitrogens with zero attached hydrogens (tertiary/aromatic N) is 6. The molecule has 0 aliphatic carbocycles. The largest absolute Gasteiger partial charge is 0.335 e. The van der Waals surface area contributed by atoms with Crippen LogP contribution in [0.3, 0.4) is 0 Å². The summed E-state index contributed by atoms with van der Waals surface area (Å²) < 4.78 is 0. The zero-order chi connectivity index (χ0) is 26.3. The number of aromatic nitrogens is 5. The van der Waals surface area contributed by atoms with Crippen molar-refractivity contribution in [3.63, 3.8) is 0 Å². The highest BCUT2D eigenvalue weighted by Gasteiger charge is 2.31. The van der Waals surface area contributed by atoms with Crippen LogP contribution < -0.4 is 5.32 Å². The topological polar surface area (TPSA) is 120 Å². The van der Waals surface area contributed by atoms with Gasteiger partial charge in [-0.15, -0.1) is 10.2 Å². The van der Waals surface area contributed by atoms with Crippen molar-refractivity contribution in [2.24, 2.45) is 0 Å². The van der Waals surface area contributed by atoms with Crippen molar-refractivity contribution in [1.29, 1.82) is 0 Å². The molecule has 2 amide bonds. The molecule has 2 aromatic heterocycles. The molecule has 10 nitrogen and oxygen atoms in total. The van der Waals surface area contributed by atoms with E-state index in [1.165, 1.54) is 6.92 Å². The summed E-state index contributed by atoms with van der Waals surface area (Å²) in [4.78, 5) is 32.9. The van der Waals surface area contributed by atoms with Crippen LogP contribution in [0.2, 0.25) is 0 Å². The van der Waals surface area contributed by atoms with Gasteiger partial charge in [0.05, 0.1) is 6.04 Å². The normalized spacial score (nSPS) is 14.3. The van der Waals surface area contributed by atoms with E-state index in [-0.39, 0.29) is 17.9 Å². The molecule has 0 radical (unpaired) electrons. The number of hydrogen-bond donors (Lipinski definition) is 2. The van der Waals surface area contributed by atoms with Gasteiger partial charge in [-0.3, -0.25) is 19.5 Å². The molecule has 1 unspecified atom stereocenters. The van der Waals surface area contributed by atoms with E-state index in [4.69, 9.17) is 0 Å². The first-order valence-corrected chi connectivity index (χ1v) is 12.2. The first-order chi connectivity index (χ1) is 18.6. The minimum absolute atomic E-state index is 0.128. The van der Waals surface area contributed by atoms with Crippen LogP contribution in [0.1, 0.15) is 46.0 Å². The summed E-state index contributed by atoms with van der Waals surface area (Å²) >= 11 is 0. The molecule has 10 heteroatoms. The van der Waals surface area contributed by atoms with E-state index in [0.717, 1.165) is 11.1 Å². The number of pyridine rings is 1. The first kappa shape index (κ1) is 24.8. The maximum Gasteiger partial charge on any atom is 0.272 e. The molecule has 1 aliphatic rings. The van der Waals surface area contributed by atoms with Gasteiger partial charge in [-0.2, -0.15) is 5.21 Å². The standard InChI is InChI=1S/C28H26N8O2/c1-20(37)30-24-9-5-6-21(18-24)10-11-22-12-13-29-25(19-22)28(38)36-16-14-35(15-17-36)26(27-31-33-34-32-27)23-7-3-2-4-8-23/h2-9,12-13,18-19,26H,14-17H2,1H3,(H,30,37)(H,31,32,33,34). The molecule has 4 aromatic rings. The van der Waals surface area contributed by atoms with Crippen LogP contribution in [-0.2, 0) is 4.79 Å². The summed E-state index contributed by atoms with van der Waals surface area (Å²) in [6.45, 7) is 3.87. The second-order valence-electron chi connectivity index (χ2n) is 8.85. The van der Waals surface area contributed by atoms with Gasteiger partial charge < -0.3 is 10.2 Å². The molecule has 1 aliphatic heterocycles. The van der Waals surface area contributed by atoms with Gasteiger partial charge in [0.1, 0.15) is 5.69 Å². The zero-order valence-corrected chi connectivity index (χ0v) is 20.8. The van der Waals surface area contributed by atoms with Crippen LogP contribution >= 0.6 is 0 Å². The third kappa shape index (κ3) is 5.91. The molecule has 2 aromatic carbocycles. The fourth-order valence-electron chi connectivity index (χ4n) is 4.44. The van der Waals surface area contributed by atoms with Crippen molar-refractivity contribution in [3.05, 3.63) is 101 Å². The fourth-order valence-corrected chi connectivity index (χ4v) is 4.44. The number of benzene rings is 2. The Labute approximate surface area is 220 Å². The van der Waals surface area contributed by atoms with Gasteiger partial charge in [0, 0.05) is 56.1 Å². The Balaban J connectivity index is 1.26. The number of rotatable bonds is 5. The van der Waals surface area contributed by atoms with Crippen LogP contribution in [0.5, 0.6) is 0 Å². The smallest absolute Gasteiger partial charge is 0.272 e. The number of H-pyrrole nitrogens is 1. The van der Waals surface area contributed by atoms with E-state index in [9.17, 15) is 9.59 Å². The molecule has 2 N–H and O–H groups in total. The molecular formula is C28H26N8O2. The Hall–Kier alpha value is -4.88. The number of tetrazole rings is 1. The van der Waals surface area contributed by atoms with E-state index in [1.807, 2.05) is 47.4 Å². The van der Waals surface area contributed by atoms with Crippen molar-refractivity contribution in [2.45, 2.75) is 13.0 Å². The van der Waals surface area contributed by atoms with Crippen LogP contribution in [0.15, 0.2) is 72.9 Å². The summed E-state index contributed by atoms with van der Waals surface area (Å²) in [5.74, 6) is 6.51. The number of hydrogen-bond acceptors (Lipinski definition) is 7. The Bertz CT molecular complexity index is 1470. The maximum absolute atomic E-state index is 13.3. The monoisotopic (exact) mass is 506 g/mol.